The van der Waals surface area contributed by atoms with E-state index >= 15 is 0 Å². The van der Waals surface area contributed by atoms with E-state index in [1.54, 1.807) is 13.8 Å². The van der Waals surface area contributed by atoms with Gasteiger partial charge in [0, 0.05) is 5.92 Å². The number of carbonyl (C=O) groups is 2. The van der Waals surface area contributed by atoms with Crippen LogP contribution < -0.4 is 0 Å². The summed E-state index contributed by atoms with van der Waals surface area (Å²) < 4.78 is 0. The minimum atomic E-state index is -0.772. The highest BCUT2D eigenvalue weighted by Crippen LogP contribution is 2.18. The number of carboxylic acids is 1. The normalized spacial score (nSPS) is 12.8. The summed E-state index contributed by atoms with van der Waals surface area (Å²) in [5.74, 6) is 0.378. The maximum absolute atomic E-state index is 11.2. The SMILES string of the molecule is CC(=O)[C@H](C)c1ccc(CC(C)C)cc1.CC(C)Cc1ccc([C@@H](C)C(=O)O)cc1. The smallest absolute Gasteiger partial charge is 0.310 e. The van der Waals surface area contributed by atoms with Gasteiger partial charge < -0.3 is 5.11 Å². The largest absolute Gasteiger partial charge is 0.481 e. The molecule has 0 aliphatic heterocycles. The fourth-order valence-electron chi connectivity index (χ4n) is 3.20. The molecule has 0 aliphatic carbocycles. The predicted octanol–water partition coefficient (Wildman–Crippen LogP) is 6.65. The summed E-state index contributed by atoms with van der Waals surface area (Å²) in [6.07, 6.45) is 2.15. The lowest BCUT2D eigenvalue weighted by Gasteiger charge is -2.10. The maximum Gasteiger partial charge on any atom is 0.310 e. The molecule has 30 heavy (non-hydrogen) atoms. The van der Waals surface area contributed by atoms with E-state index in [0.717, 1.165) is 24.0 Å². The van der Waals surface area contributed by atoms with Gasteiger partial charge in [0.15, 0.2) is 0 Å². The summed E-state index contributed by atoms with van der Waals surface area (Å²) >= 11 is 0. The maximum atomic E-state index is 11.2. The van der Waals surface area contributed by atoms with Crippen LogP contribution in [0, 0.1) is 11.8 Å². The number of hydrogen-bond donors (Lipinski definition) is 1. The zero-order chi connectivity index (χ0) is 22.8. The van der Waals surface area contributed by atoms with E-state index in [1.165, 1.54) is 11.1 Å². The zero-order valence-electron chi connectivity index (χ0n) is 19.6. The van der Waals surface area contributed by atoms with E-state index in [2.05, 4.69) is 52.0 Å². The highest BCUT2D eigenvalue weighted by molar-refractivity contribution is 5.82. The van der Waals surface area contributed by atoms with Gasteiger partial charge in [-0.2, -0.15) is 0 Å². The third-order valence-corrected chi connectivity index (χ3v) is 5.23. The van der Waals surface area contributed by atoms with Crippen molar-refractivity contribution in [1.29, 1.82) is 0 Å². The van der Waals surface area contributed by atoms with E-state index in [0.29, 0.717) is 11.8 Å². The molecular weight excluding hydrogens is 372 g/mol. The second kappa shape index (κ2) is 12.3. The van der Waals surface area contributed by atoms with Gasteiger partial charge in [-0.3, -0.25) is 9.59 Å². The lowest BCUT2D eigenvalue weighted by atomic mass is 9.95. The summed E-state index contributed by atoms with van der Waals surface area (Å²) in [6, 6.07) is 16.3. The number of rotatable bonds is 8. The first-order chi connectivity index (χ1) is 14.0. The van der Waals surface area contributed by atoms with Gasteiger partial charge in [-0.1, -0.05) is 83.1 Å². The second-order valence-electron chi connectivity index (χ2n) is 9.07. The lowest BCUT2D eigenvalue weighted by Crippen LogP contribution is -2.07. The average molecular weight is 411 g/mol. The molecule has 0 aromatic heterocycles. The fraction of sp³-hybridized carbons (Fsp3) is 0.481. The van der Waals surface area contributed by atoms with Crippen LogP contribution in [-0.2, 0) is 22.4 Å². The molecule has 2 rings (SSSR count). The van der Waals surface area contributed by atoms with Crippen LogP contribution in [0.3, 0.4) is 0 Å². The Balaban J connectivity index is 0.000000300. The average Bonchev–Trinajstić information content (AvgIpc) is 2.67. The molecule has 3 heteroatoms. The quantitative estimate of drug-likeness (QED) is 0.530. The van der Waals surface area contributed by atoms with Crippen molar-refractivity contribution in [3.05, 3.63) is 70.8 Å². The second-order valence-corrected chi connectivity index (χ2v) is 9.07. The molecule has 3 nitrogen and oxygen atoms in total. The molecule has 2 aromatic carbocycles. The molecule has 0 spiro atoms. The fourth-order valence-corrected chi connectivity index (χ4v) is 3.20. The van der Waals surface area contributed by atoms with Gasteiger partial charge in [0.1, 0.15) is 5.78 Å². The molecule has 2 aromatic rings. The predicted molar refractivity (Wildman–Crippen MR) is 125 cm³/mol. The van der Waals surface area contributed by atoms with Gasteiger partial charge in [-0.25, -0.2) is 0 Å². The van der Waals surface area contributed by atoms with Crippen molar-refractivity contribution >= 4 is 11.8 Å². The number of carbonyl (C=O) groups excluding carboxylic acids is 1. The van der Waals surface area contributed by atoms with Crippen LogP contribution in [0.1, 0.15) is 82.6 Å². The number of aliphatic carboxylic acids is 1. The Morgan fingerprint density at radius 1 is 0.667 bits per heavy atom. The van der Waals surface area contributed by atoms with E-state index in [-0.39, 0.29) is 11.7 Å². The Morgan fingerprint density at radius 3 is 1.27 bits per heavy atom. The number of benzene rings is 2. The van der Waals surface area contributed by atoms with Crippen molar-refractivity contribution in [2.45, 2.75) is 73.1 Å². The molecule has 0 unspecified atom stereocenters. The molecule has 1 N–H and O–H groups in total. The Kier molecular flexibility index (Phi) is 10.5. The number of carboxylic acid groups (broad SMARTS) is 1. The minimum Gasteiger partial charge on any atom is -0.481 e. The van der Waals surface area contributed by atoms with E-state index in [4.69, 9.17) is 5.11 Å². The number of Topliss-reactive ketones (excluding diaryl/α,β-unsaturated/α-hetero) is 1. The monoisotopic (exact) mass is 410 g/mol. The van der Waals surface area contributed by atoms with Gasteiger partial charge in [0.25, 0.3) is 0 Å². The zero-order valence-corrected chi connectivity index (χ0v) is 19.6. The molecule has 0 saturated carbocycles. The standard InChI is InChI=1S/C14H20O.C13H18O2/c1-10(2)9-13-5-7-14(8-6-13)11(3)12(4)15;1-9(2)8-11-4-6-12(7-5-11)10(3)13(14)15/h5-8,10-11H,9H2,1-4H3;4-7,9-10H,8H2,1-3H3,(H,14,15)/t11-;10-/m01/s1. The first-order valence-corrected chi connectivity index (χ1v) is 10.9. The van der Waals surface area contributed by atoms with Crippen LogP contribution in [-0.4, -0.2) is 16.9 Å². The van der Waals surface area contributed by atoms with Gasteiger partial charge in [-0.15, -0.1) is 0 Å². The van der Waals surface area contributed by atoms with Crippen LogP contribution in [0.2, 0.25) is 0 Å². The first kappa shape index (κ1) is 25.6. The van der Waals surface area contributed by atoms with E-state index in [1.807, 2.05) is 31.2 Å². The molecule has 0 saturated heterocycles. The van der Waals surface area contributed by atoms with E-state index < -0.39 is 11.9 Å². The van der Waals surface area contributed by atoms with Crippen molar-refractivity contribution < 1.29 is 14.7 Å². The minimum absolute atomic E-state index is 0.0260. The molecule has 0 heterocycles. The van der Waals surface area contributed by atoms with Gasteiger partial charge in [-0.05, 0) is 60.8 Å². The molecule has 2 atom stereocenters. The van der Waals surface area contributed by atoms with Crippen molar-refractivity contribution in [3.63, 3.8) is 0 Å². The Morgan fingerprint density at radius 2 is 1.00 bits per heavy atom. The molecule has 0 bridgehead atoms. The summed E-state index contributed by atoms with van der Waals surface area (Å²) in [4.78, 5) is 22.0. The van der Waals surface area contributed by atoms with E-state index in [9.17, 15) is 9.59 Å². The first-order valence-electron chi connectivity index (χ1n) is 10.9. The lowest BCUT2D eigenvalue weighted by molar-refractivity contribution is -0.138. The molecule has 164 valence electrons. The third-order valence-electron chi connectivity index (χ3n) is 5.23. The molecular formula is C27H38O3. The van der Waals surface area contributed by atoms with Gasteiger partial charge in [0.2, 0.25) is 0 Å². The van der Waals surface area contributed by atoms with Crippen LogP contribution in [0.15, 0.2) is 48.5 Å². The Labute approximate surface area is 182 Å². The Bertz CT molecular complexity index is 716. The van der Waals surface area contributed by atoms with Gasteiger partial charge in [0.05, 0.1) is 5.92 Å². The van der Waals surface area contributed by atoms with Crippen LogP contribution >= 0.6 is 0 Å². The molecule has 0 radical (unpaired) electrons. The van der Waals surface area contributed by atoms with Crippen LogP contribution in [0.5, 0.6) is 0 Å². The summed E-state index contributed by atoms with van der Waals surface area (Å²) in [6.45, 7) is 14.1. The number of hydrogen-bond acceptors (Lipinski definition) is 2. The molecule has 0 aliphatic rings. The number of ketones is 1. The van der Waals surface area contributed by atoms with Gasteiger partial charge >= 0.3 is 5.97 Å². The van der Waals surface area contributed by atoms with Crippen molar-refractivity contribution in [2.75, 3.05) is 0 Å². The topological polar surface area (TPSA) is 54.4 Å². The highest BCUT2D eigenvalue weighted by Gasteiger charge is 2.13. The molecule has 0 fully saturated rings. The molecule has 0 amide bonds. The van der Waals surface area contributed by atoms with Crippen LogP contribution in [0.25, 0.3) is 0 Å². The third kappa shape index (κ3) is 8.94. The summed E-state index contributed by atoms with van der Waals surface area (Å²) in [5.41, 5.74) is 4.61. The van der Waals surface area contributed by atoms with Crippen molar-refractivity contribution in [2.24, 2.45) is 11.8 Å². The Hall–Kier alpha value is -2.42. The van der Waals surface area contributed by atoms with Crippen molar-refractivity contribution in [3.8, 4) is 0 Å². The summed E-state index contributed by atoms with van der Waals surface area (Å²) in [7, 11) is 0. The van der Waals surface area contributed by atoms with Crippen molar-refractivity contribution in [1.82, 2.24) is 0 Å². The highest BCUT2D eigenvalue weighted by atomic mass is 16.4. The van der Waals surface area contributed by atoms with Crippen LogP contribution in [0.4, 0.5) is 0 Å². The summed E-state index contributed by atoms with van der Waals surface area (Å²) in [5, 5.41) is 8.85.